The van der Waals surface area contributed by atoms with Gasteiger partial charge in [-0.3, -0.25) is 9.59 Å². The number of fused-ring (bicyclic) bond motifs is 1. The second kappa shape index (κ2) is 9.15. The monoisotopic (exact) mass is 448 g/mol. The number of hydrogen-bond acceptors (Lipinski definition) is 6. The first kappa shape index (κ1) is 21.5. The van der Waals surface area contributed by atoms with Gasteiger partial charge in [0.15, 0.2) is 5.17 Å². The first-order valence-electron chi connectivity index (χ1n) is 9.72. The van der Waals surface area contributed by atoms with E-state index in [-0.39, 0.29) is 12.3 Å². The van der Waals surface area contributed by atoms with Crippen LogP contribution in [0.25, 0.3) is 16.8 Å². The number of carboxylic acids is 1. The van der Waals surface area contributed by atoms with E-state index in [0.29, 0.717) is 27.1 Å². The summed E-state index contributed by atoms with van der Waals surface area (Å²) in [7, 11) is 3.21. The summed E-state index contributed by atoms with van der Waals surface area (Å²) in [5, 5.41) is 14.0. The van der Waals surface area contributed by atoms with Gasteiger partial charge in [0, 0.05) is 10.9 Å². The zero-order chi connectivity index (χ0) is 22.7. The molecule has 3 aromatic rings. The van der Waals surface area contributed by atoms with E-state index >= 15 is 0 Å². The lowest BCUT2D eigenvalue weighted by Crippen LogP contribution is -2.19. The molecule has 0 saturated carbocycles. The van der Waals surface area contributed by atoms with Gasteiger partial charge in [-0.1, -0.05) is 24.3 Å². The minimum Gasteiger partial charge on any atom is -0.496 e. The maximum atomic E-state index is 12.5. The topological polar surface area (TPSA) is 97.2 Å². The molecule has 0 unspecified atom stereocenters. The minimum absolute atomic E-state index is 0.0469. The van der Waals surface area contributed by atoms with Crippen molar-refractivity contribution in [3.05, 3.63) is 70.6 Å². The van der Waals surface area contributed by atoms with Crippen LogP contribution in [0.3, 0.4) is 0 Å². The van der Waals surface area contributed by atoms with E-state index in [1.807, 2.05) is 30.3 Å². The normalized spacial score (nSPS) is 15.9. The fourth-order valence-electron chi connectivity index (χ4n) is 3.36. The molecular formula is C24H20N2O5S. The van der Waals surface area contributed by atoms with Crippen molar-refractivity contribution in [2.24, 2.45) is 4.99 Å². The van der Waals surface area contributed by atoms with Crippen molar-refractivity contribution in [3.8, 4) is 11.5 Å². The van der Waals surface area contributed by atoms with Crippen LogP contribution in [0.4, 0.5) is 5.69 Å². The summed E-state index contributed by atoms with van der Waals surface area (Å²) in [6.45, 7) is 0. The van der Waals surface area contributed by atoms with Crippen LogP contribution in [0.5, 0.6) is 11.5 Å². The lowest BCUT2D eigenvalue weighted by Gasteiger charge is -2.10. The Labute approximate surface area is 188 Å². The van der Waals surface area contributed by atoms with Gasteiger partial charge in [-0.15, -0.1) is 0 Å². The summed E-state index contributed by atoms with van der Waals surface area (Å²) >= 11 is 1.23. The number of nitrogens with one attached hydrogen (secondary N) is 1. The molecule has 1 heterocycles. The second-order valence-electron chi connectivity index (χ2n) is 6.99. The van der Waals surface area contributed by atoms with E-state index in [4.69, 9.17) is 14.6 Å². The Morgan fingerprint density at radius 2 is 1.84 bits per heavy atom. The number of benzene rings is 3. The summed E-state index contributed by atoms with van der Waals surface area (Å²) in [4.78, 5) is 28.3. The van der Waals surface area contributed by atoms with E-state index in [0.717, 1.165) is 22.1 Å². The number of aliphatic imine (C=N–C) groups is 1. The number of amides is 1. The van der Waals surface area contributed by atoms with Crippen LogP contribution in [-0.2, 0) is 16.0 Å². The van der Waals surface area contributed by atoms with Crippen LogP contribution in [0.1, 0.15) is 11.1 Å². The quantitative estimate of drug-likeness (QED) is 0.544. The van der Waals surface area contributed by atoms with Crippen molar-refractivity contribution < 1.29 is 24.2 Å². The standard InChI is InChI=1S/C24H20N2O5S/c1-30-19-5-3-4-15-11-16(20(31-2)13-18(15)19)12-21-23(29)26-24(32-21)25-17-8-6-14(7-9-17)10-22(27)28/h3-9,11-13H,10H2,1-2H3,(H,27,28)(H,25,26,29). The molecule has 1 fully saturated rings. The maximum absolute atomic E-state index is 12.5. The lowest BCUT2D eigenvalue weighted by molar-refractivity contribution is -0.136. The molecule has 1 aliphatic rings. The zero-order valence-electron chi connectivity index (χ0n) is 17.4. The van der Waals surface area contributed by atoms with E-state index in [2.05, 4.69) is 10.3 Å². The number of methoxy groups -OCH3 is 2. The molecule has 0 atom stereocenters. The highest BCUT2D eigenvalue weighted by Gasteiger charge is 2.24. The molecule has 7 nitrogen and oxygen atoms in total. The summed E-state index contributed by atoms with van der Waals surface area (Å²) in [5.41, 5.74) is 2.08. The van der Waals surface area contributed by atoms with E-state index in [1.54, 1.807) is 44.6 Å². The van der Waals surface area contributed by atoms with E-state index < -0.39 is 5.97 Å². The molecule has 1 aliphatic heterocycles. The van der Waals surface area contributed by atoms with Crippen molar-refractivity contribution in [3.63, 3.8) is 0 Å². The van der Waals surface area contributed by atoms with Crippen molar-refractivity contribution in [1.82, 2.24) is 5.32 Å². The van der Waals surface area contributed by atoms with E-state index in [9.17, 15) is 9.59 Å². The van der Waals surface area contributed by atoms with Crippen molar-refractivity contribution >= 4 is 51.3 Å². The molecular weight excluding hydrogens is 428 g/mol. The Bertz CT molecular complexity index is 1270. The second-order valence-corrected chi connectivity index (χ2v) is 8.02. The fraction of sp³-hybridized carbons (Fsp3) is 0.125. The molecule has 0 aliphatic carbocycles. The third kappa shape index (κ3) is 4.60. The number of carbonyl (C=O) groups is 2. The summed E-state index contributed by atoms with van der Waals surface area (Å²) < 4.78 is 11.0. The predicted molar refractivity (Wildman–Crippen MR) is 126 cm³/mol. The smallest absolute Gasteiger partial charge is 0.307 e. The number of amidine groups is 1. The first-order valence-corrected chi connectivity index (χ1v) is 10.5. The molecule has 1 saturated heterocycles. The van der Waals surface area contributed by atoms with Gasteiger partial charge in [0.1, 0.15) is 11.5 Å². The number of ether oxygens (including phenoxy) is 2. The van der Waals surface area contributed by atoms with Gasteiger partial charge in [0.05, 0.1) is 31.2 Å². The first-order chi connectivity index (χ1) is 15.5. The largest absolute Gasteiger partial charge is 0.496 e. The molecule has 2 N–H and O–H groups in total. The number of hydrogen-bond donors (Lipinski definition) is 2. The van der Waals surface area contributed by atoms with Gasteiger partial charge in [-0.2, -0.15) is 0 Å². The van der Waals surface area contributed by atoms with Crippen LogP contribution in [-0.4, -0.2) is 36.4 Å². The lowest BCUT2D eigenvalue weighted by atomic mass is 10.0. The highest BCUT2D eigenvalue weighted by molar-refractivity contribution is 8.18. The van der Waals surface area contributed by atoms with Crippen LogP contribution in [0.15, 0.2) is 64.5 Å². The molecule has 4 rings (SSSR count). The molecule has 0 radical (unpaired) electrons. The van der Waals surface area contributed by atoms with Crippen molar-refractivity contribution in [1.29, 1.82) is 0 Å². The highest BCUT2D eigenvalue weighted by atomic mass is 32.2. The average Bonchev–Trinajstić information content (AvgIpc) is 3.12. The van der Waals surface area contributed by atoms with Crippen LogP contribution in [0.2, 0.25) is 0 Å². The van der Waals surface area contributed by atoms with E-state index in [1.165, 1.54) is 11.8 Å². The molecule has 1 amide bonds. The molecule has 0 bridgehead atoms. The molecule has 32 heavy (non-hydrogen) atoms. The third-order valence-corrected chi connectivity index (χ3v) is 5.78. The number of carbonyl (C=O) groups excluding carboxylic acids is 1. The maximum Gasteiger partial charge on any atom is 0.307 e. The number of aliphatic carboxylic acids is 1. The molecule has 0 spiro atoms. The Morgan fingerprint density at radius 1 is 1.09 bits per heavy atom. The zero-order valence-corrected chi connectivity index (χ0v) is 18.2. The van der Waals surface area contributed by atoms with Gasteiger partial charge < -0.3 is 19.9 Å². The number of rotatable bonds is 6. The van der Waals surface area contributed by atoms with Crippen molar-refractivity contribution in [2.45, 2.75) is 6.42 Å². The van der Waals surface area contributed by atoms with Gasteiger partial charge in [0.25, 0.3) is 5.91 Å². The molecule has 3 aromatic carbocycles. The van der Waals surface area contributed by atoms with Crippen LogP contribution in [0, 0.1) is 0 Å². The highest BCUT2D eigenvalue weighted by Crippen LogP contribution is 2.35. The predicted octanol–water partition coefficient (Wildman–Crippen LogP) is 4.38. The van der Waals surface area contributed by atoms with Crippen LogP contribution >= 0.6 is 11.8 Å². The summed E-state index contributed by atoms with van der Waals surface area (Å²) in [5.74, 6) is 0.239. The Kier molecular flexibility index (Phi) is 6.13. The molecule has 0 aromatic heterocycles. The Morgan fingerprint density at radius 3 is 2.53 bits per heavy atom. The van der Waals surface area contributed by atoms with Gasteiger partial charge in [0.2, 0.25) is 0 Å². The average molecular weight is 449 g/mol. The van der Waals surface area contributed by atoms with Gasteiger partial charge in [-0.25, -0.2) is 4.99 Å². The SMILES string of the molecule is COc1cc2c(OC)cccc2cc1C=C1SC(=Nc2ccc(CC(=O)O)cc2)NC1=O. The third-order valence-electron chi connectivity index (χ3n) is 4.87. The number of nitrogens with zero attached hydrogens (tertiary/aromatic N) is 1. The Balaban J connectivity index is 1.61. The Hall–Kier alpha value is -3.78. The minimum atomic E-state index is -0.889. The summed E-state index contributed by atoms with van der Waals surface area (Å²) in [6.07, 6.45) is 1.73. The van der Waals surface area contributed by atoms with Crippen LogP contribution < -0.4 is 14.8 Å². The van der Waals surface area contributed by atoms with Gasteiger partial charge in [-0.05, 0) is 59.1 Å². The fourth-order valence-corrected chi connectivity index (χ4v) is 4.20. The summed E-state index contributed by atoms with van der Waals surface area (Å²) in [6, 6.07) is 16.5. The molecule has 8 heteroatoms. The van der Waals surface area contributed by atoms with Crippen molar-refractivity contribution in [2.75, 3.05) is 14.2 Å². The van der Waals surface area contributed by atoms with Gasteiger partial charge >= 0.3 is 5.97 Å². The molecule has 162 valence electrons. The number of thioether (sulfide) groups is 1. The number of carboxylic acid groups (broad SMARTS) is 1.